The minimum absolute atomic E-state index is 0.0174. The number of rotatable bonds is 22. The van der Waals surface area contributed by atoms with Crippen molar-refractivity contribution in [1.29, 1.82) is 0 Å². The molecule has 3 aliphatic heterocycles. The van der Waals surface area contributed by atoms with E-state index in [0.717, 1.165) is 12.1 Å². The first-order valence-electron chi connectivity index (χ1n) is 25.6. The van der Waals surface area contributed by atoms with Gasteiger partial charge < -0.3 is 42.0 Å². The van der Waals surface area contributed by atoms with E-state index in [-0.39, 0.29) is 104 Å². The van der Waals surface area contributed by atoms with Crippen molar-refractivity contribution in [1.82, 2.24) is 5.06 Å². The minimum Gasteiger partial charge on any atom is -0.748 e. The van der Waals surface area contributed by atoms with Crippen molar-refractivity contribution < 1.29 is 98.1 Å². The normalized spacial score (nSPS) is 19.9. The van der Waals surface area contributed by atoms with Crippen molar-refractivity contribution in [2.45, 2.75) is 109 Å². The number of anilines is 1. The van der Waals surface area contributed by atoms with Crippen LogP contribution in [0.3, 0.4) is 0 Å². The fourth-order valence-corrected chi connectivity index (χ4v) is 14.8. The van der Waals surface area contributed by atoms with Crippen molar-refractivity contribution in [2.24, 2.45) is 0 Å². The summed E-state index contributed by atoms with van der Waals surface area (Å²) in [5.74, 6) is -3.11. The molecule has 0 bridgehead atoms. The van der Waals surface area contributed by atoms with Gasteiger partial charge in [0.05, 0.1) is 61.4 Å². The smallest absolute Gasteiger partial charge is 0.333 e. The van der Waals surface area contributed by atoms with Crippen LogP contribution in [-0.4, -0.2) is 144 Å². The van der Waals surface area contributed by atoms with Gasteiger partial charge in [-0.25, -0.2) is 46.9 Å². The number of ether oxygens (including phenoxy) is 2. The molecule has 0 spiro atoms. The number of methoxy groups -OCH3 is 1. The van der Waals surface area contributed by atoms with Crippen LogP contribution in [-0.2, 0) is 90.1 Å². The highest BCUT2D eigenvalue weighted by Gasteiger charge is 2.47. The van der Waals surface area contributed by atoms with Gasteiger partial charge in [-0.15, -0.1) is 5.06 Å². The van der Waals surface area contributed by atoms with E-state index in [1.54, 1.807) is 54.6 Å². The molecule has 0 saturated carbocycles. The number of hydroxylamine groups is 2. The van der Waals surface area contributed by atoms with Gasteiger partial charge >= 0.3 is 5.97 Å². The number of hydrogen-bond acceptors (Lipinski definition) is 22. The molecule has 0 aromatic heterocycles. The third kappa shape index (κ3) is 13.2. The maximum absolute atomic E-state index is 13.0. The second kappa shape index (κ2) is 23.6. The van der Waals surface area contributed by atoms with E-state index in [2.05, 4.69) is 0 Å². The average molecular weight is 1260 g/mol. The first-order chi connectivity index (χ1) is 38.6. The summed E-state index contributed by atoms with van der Waals surface area (Å²) in [7, 11) is -24.9. The Morgan fingerprint density at radius 3 is 1.86 bits per heavy atom. The number of allylic oxidation sites excluding steroid dienone is 8. The lowest BCUT2D eigenvalue weighted by Gasteiger charge is -2.31. The summed E-state index contributed by atoms with van der Waals surface area (Å²) in [5.41, 5.74) is 0.652. The molecule has 4 aromatic carbocycles. The summed E-state index contributed by atoms with van der Waals surface area (Å²) in [6, 6.07) is 8.51. The third-order valence-electron chi connectivity index (χ3n) is 15.0. The van der Waals surface area contributed by atoms with E-state index in [4.69, 9.17) is 25.9 Å². The van der Waals surface area contributed by atoms with Crippen LogP contribution >= 0.6 is 11.6 Å². The quantitative estimate of drug-likeness (QED) is 0.0423. The van der Waals surface area contributed by atoms with Crippen molar-refractivity contribution in [3.05, 3.63) is 106 Å². The number of imide groups is 1. The van der Waals surface area contributed by atoms with Crippen LogP contribution in [0.4, 0.5) is 11.4 Å². The Bertz CT molecular complexity index is 4160. The molecule has 8 rings (SSSR count). The standard InChI is InChI=1S/C53H58ClN3O21S5/c1-52(2)44(55(22-6-10-48(60)78-57-46(58)19-20-47(57)59)40-15-13-36-38(49(40)52)28-34(80(64,65)66)30-42(36)82(70,71)72)17-11-32-8-5-9-33(51(32)54)12-18-45-53(3,21-7-27-79(61,62)63)50-39-29-35(81(67,68)69)31-43(83(73,74)75)37(39)14-16-41(50)56(45)23-24-77-26-25-76-4/h11-18,28-31H,5-10,19-27H2,1-4H3,(H4-,61,62,63,64,65,66,67,68,69,70,71,72,73,74,75)/p-4. The lowest BCUT2D eigenvalue weighted by molar-refractivity contribution is -0.438. The zero-order chi connectivity index (χ0) is 61.0. The molecule has 1 aliphatic carbocycles. The molecule has 0 N–H and O–H groups in total. The molecular formula is C53H54ClN3O21S5-4. The number of benzene rings is 4. The van der Waals surface area contributed by atoms with Gasteiger partial charge in [-0.3, -0.25) is 9.59 Å². The molecule has 1 unspecified atom stereocenters. The second-order valence-corrected chi connectivity index (χ2v) is 28.2. The Morgan fingerprint density at radius 1 is 0.699 bits per heavy atom. The van der Waals surface area contributed by atoms with Gasteiger partial charge in [-0.05, 0) is 128 Å². The fraction of sp³-hybridized carbons (Fsp3) is 0.396. The molecular weight excluding hydrogens is 1210 g/mol. The molecule has 30 heteroatoms. The molecule has 0 radical (unpaired) electrons. The van der Waals surface area contributed by atoms with Crippen molar-refractivity contribution in [2.75, 3.05) is 50.7 Å². The monoisotopic (exact) mass is 1260 g/mol. The van der Waals surface area contributed by atoms with Crippen LogP contribution in [0.2, 0.25) is 0 Å². The third-order valence-corrected chi connectivity index (χ3v) is 19.7. The molecule has 1 saturated heterocycles. The highest BCUT2D eigenvalue weighted by atomic mass is 35.5. The Labute approximate surface area is 484 Å². The highest BCUT2D eigenvalue weighted by Crippen LogP contribution is 2.54. The number of carbonyl (C=O) groups excluding carboxylic acids is 3. The topological polar surface area (TPSA) is 374 Å². The van der Waals surface area contributed by atoms with Gasteiger partial charge in [0.25, 0.3) is 11.8 Å². The van der Waals surface area contributed by atoms with Gasteiger partial charge in [0, 0.05) is 83.6 Å². The summed E-state index contributed by atoms with van der Waals surface area (Å²) < 4.78 is 200. The summed E-state index contributed by atoms with van der Waals surface area (Å²) >= 11 is 7.30. The number of amides is 2. The van der Waals surface area contributed by atoms with E-state index in [0.29, 0.717) is 76.0 Å². The largest absolute Gasteiger partial charge is 0.748 e. The van der Waals surface area contributed by atoms with Crippen molar-refractivity contribution >= 4 is 119 Å². The van der Waals surface area contributed by atoms with Crippen LogP contribution in [0.25, 0.3) is 21.5 Å². The Kier molecular flexibility index (Phi) is 18.0. The van der Waals surface area contributed by atoms with Gasteiger partial charge in [0.15, 0.2) is 5.71 Å². The Hall–Kier alpha value is -5.80. The maximum atomic E-state index is 13.0. The summed E-state index contributed by atoms with van der Waals surface area (Å²) in [4.78, 5) is 40.3. The number of nitrogens with zero attached hydrogens (tertiary/aromatic N) is 3. The van der Waals surface area contributed by atoms with E-state index in [1.807, 2.05) is 0 Å². The zero-order valence-electron chi connectivity index (χ0n) is 44.9. The van der Waals surface area contributed by atoms with Crippen LogP contribution in [0.5, 0.6) is 0 Å². The van der Waals surface area contributed by atoms with E-state index in [9.17, 15) is 79.2 Å². The number of hydrogen-bond donors (Lipinski definition) is 0. The molecule has 1 atom stereocenters. The predicted molar refractivity (Wildman–Crippen MR) is 292 cm³/mol. The van der Waals surface area contributed by atoms with Gasteiger partial charge in [-0.2, -0.15) is 4.58 Å². The van der Waals surface area contributed by atoms with Crippen LogP contribution in [0.15, 0.2) is 114 Å². The van der Waals surface area contributed by atoms with Crippen molar-refractivity contribution in [3.63, 3.8) is 0 Å². The molecule has 4 aliphatic rings. The van der Waals surface area contributed by atoms with Crippen molar-refractivity contribution in [3.8, 4) is 0 Å². The number of halogens is 1. The first-order valence-corrected chi connectivity index (χ1v) is 33.2. The molecule has 83 heavy (non-hydrogen) atoms. The molecule has 4 aromatic rings. The number of carbonyl (C=O) groups is 3. The van der Waals surface area contributed by atoms with Crippen LogP contribution in [0.1, 0.15) is 89.7 Å². The average Bonchev–Trinajstić information content (AvgIpc) is 2.20. The molecule has 448 valence electrons. The van der Waals surface area contributed by atoms with Gasteiger partial charge in [0.2, 0.25) is 5.69 Å². The predicted octanol–water partition coefficient (Wildman–Crippen LogP) is 5.18. The molecule has 1 fully saturated rings. The lowest BCUT2D eigenvalue weighted by Crippen LogP contribution is -2.32. The lowest BCUT2D eigenvalue weighted by atomic mass is 9.75. The Morgan fingerprint density at radius 2 is 1.29 bits per heavy atom. The SMILES string of the molecule is COCCOCCN1C(=CC=C2CCCC(C=CC3=[N+](CCCC(=O)ON4C(=O)CCC4=O)c4ccc5c(S(=O)(=O)[O-])cc(S(=O)(=O)[O-])cc5c4C3(C)C)=C2Cl)C(C)(CCCS(=O)(=O)[O-])c2c1ccc1c(S(=O)(=O)[O-])cc(S(=O)(=O)[O-])cc21. The molecule has 3 heterocycles. The van der Waals surface area contributed by atoms with Gasteiger partial charge in [0.1, 0.15) is 47.0 Å². The van der Waals surface area contributed by atoms with E-state index >= 15 is 0 Å². The van der Waals surface area contributed by atoms with E-state index < -0.39 is 105 Å². The first kappa shape index (κ1) is 63.2. The fourth-order valence-electron chi connectivity index (χ4n) is 11.3. The molecule has 2 amide bonds. The Balaban J connectivity index is 1.26. The minimum atomic E-state index is -5.43. The number of fused-ring (bicyclic) bond motifs is 6. The van der Waals surface area contributed by atoms with E-state index in [1.165, 1.54) is 31.4 Å². The van der Waals surface area contributed by atoms with Crippen LogP contribution in [0, 0.1) is 0 Å². The van der Waals surface area contributed by atoms with Crippen LogP contribution < -0.4 is 4.90 Å². The maximum Gasteiger partial charge on any atom is 0.333 e. The second-order valence-electron chi connectivity index (χ2n) is 20.8. The highest BCUT2D eigenvalue weighted by molar-refractivity contribution is 7.87. The summed E-state index contributed by atoms with van der Waals surface area (Å²) in [6.07, 6.45) is 7.18. The summed E-state index contributed by atoms with van der Waals surface area (Å²) in [6.45, 7) is 5.63. The zero-order valence-corrected chi connectivity index (χ0v) is 49.7. The summed E-state index contributed by atoms with van der Waals surface area (Å²) in [5, 5.41) is 0.115. The molecule has 24 nitrogen and oxygen atoms in total. The van der Waals surface area contributed by atoms with Gasteiger partial charge in [-0.1, -0.05) is 29.8 Å².